The van der Waals surface area contributed by atoms with Gasteiger partial charge in [0, 0.05) is 37.0 Å². The number of aromatic nitrogens is 2. The molecule has 2 rings (SSSR count). The molecule has 2 aromatic heterocycles. The van der Waals surface area contributed by atoms with Crippen molar-refractivity contribution in [2.45, 2.75) is 6.42 Å². The average Bonchev–Trinajstić information content (AvgIpc) is 2.32. The van der Waals surface area contributed by atoms with E-state index in [1.807, 2.05) is 36.7 Å². The highest BCUT2D eigenvalue weighted by Gasteiger charge is 1.92. The topological polar surface area (TPSA) is 37.8 Å². The lowest BCUT2D eigenvalue weighted by Crippen LogP contribution is -2.04. The molecule has 0 aliphatic carbocycles. The molecular weight excluding hydrogens is 186 g/mol. The van der Waals surface area contributed by atoms with Crippen molar-refractivity contribution < 1.29 is 0 Å². The lowest BCUT2D eigenvalue weighted by Gasteiger charge is -2.05. The van der Waals surface area contributed by atoms with Gasteiger partial charge >= 0.3 is 0 Å². The molecule has 0 saturated heterocycles. The number of hydrogen-bond donors (Lipinski definition) is 1. The summed E-state index contributed by atoms with van der Waals surface area (Å²) in [5.41, 5.74) is 2.41. The van der Waals surface area contributed by atoms with E-state index in [2.05, 4.69) is 15.3 Å². The van der Waals surface area contributed by atoms with E-state index in [1.165, 1.54) is 5.56 Å². The summed E-state index contributed by atoms with van der Waals surface area (Å²) in [7, 11) is 0. The summed E-state index contributed by atoms with van der Waals surface area (Å²) >= 11 is 0. The number of nitrogens with one attached hydrogen (secondary N) is 1. The van der Waals surface area contributed by atoms with Crippen molar-refractivity contribution in [3.8, 4) is 0 Å². The molecular formula is C12H13N3. The molecule has 1 N–H and O–H groups in total. The van der Waals surface area contributed by atoms with Crippen molar-refractivity contribution in [2.24, 2.45) is 0 Å². The Hall–Kier alpha value is -1.90. The predicted molar refractivity (Wildman–Crippen MR) is 60.7 cm³/mol. The lowest BCUT2D eigenvalue weighted by molar-refractivity contribution is 1.01. The van der Waals surface area contributed by atoms with Crippen LogP contribution in [-0.4, -0.2) is 16.5 Å². The van der Waals surface area contributed by atoms with Gasteiger partial charge in [0.2, 0.25) is 0 Å². The third-order valence-electron chi connectivity index (χ3n) is 2.17. The largest absolute Gasteiger partial charge is 0.385 e. The fourth-order valence-corrected chi connectivity index (χ4v) is 1.37. The van der Waals surface area contributed by atoms with Crippen LogP contribution in [0, 0.1) is 0 Å². The summed E-state index contributed by atoms with van der Waals surface area (Å²) in [6, 6.07) is 8.00. The zero-order valence-electron chi connectivity index (χ0n) is 8.43. The molecule has 0 saturated carbocycles. The van der Waals surface area contributed by atoms with E-state index < -0.39 is 0 Å². The SMILES string of the molecule is c1cc(CCNc2ccncc2)ccn1. The first-order valence-corrected chi connectivity index (χ1v) is 4.98. The Morgan fingerprint density at radius 2 is 1.47 bits per heavy atom. The quantitative estimate of drug-likeness (QED) is 0.819. The van der Waals surface area contributed by atoms with Crippen molar-refractivity contribution in [1.29, 1.82) is 0 Å². The lowest BCUT2D eigenvalue weighted by atomic mass is 10.2. The summed E-state index contributed by atoms with van der Waals surface area (Å²) in [5, 5.41) is 3.33. The third kappa shape index (κ3) is 3.06. The van der Waals surface area contributed by atoms with E-state index in [-0.39, 0.29) is 0 Å². The number of rotatable bonds is 4. The molecule has 0 spiro atoms. The Bertz CT molecular complexity index is 347. The van der Waals surface area contributed by atoms with E-state index in [1.54, 1.807) is 12.4 Å². The van der Waals surface area contributed by atoms with E-state index in [4.69, 9.17) is 0 Å². The van der Waals surface area contributed by atoms with Gasteiger partial charge in [-0.25, -0.2) is 0 Å². The van der Waals surface area contributed by atoms with Gasteiger partial charge in [0.1, 0.15) is 0 Å². The van der Waals surface area contributed by atoms with Crippen molar-refractivity contribution in [2.75, 3.05) is 11.9 Å². The molecule has 0 unspecified atom stereocenters. The number of pyridine rings is 2. The minimum absolute atomic E-state index is 0.925. The zero-order chi connectivity index (χ0) is 10.3. The highest BCUT2D eigenvalue weighted by molar-refractivity contribution is 5.40. The minimum Gasteiger partial charge on any atom is -0.385 e. The van der Waals surface area contributed by atoms with Crippen LogP contribution in [0.2, 0.25) is 0 Å². The van der Waals surface area contributed by atoms with Gasteiger partial charge in [0.05, 0.1) is 0 Å². The van der Waals surface area contributed by atoms with Crippen LogP contribution >= 0.6 is 0 Å². The number of hydrogen-bond acceptors (Lipinski definition) is 3. The standard InChI is InChI=1S/C12H13N3/c1-6-13-7-2-11(1)3-10-15-12-4-8-14-9-5-12/h1-2,4-9H,3,10H2,(H,14,15). The molecule has 2 heterocycles. The molecule has 3 nitrogen and oxygen atoms in total. The van der Waals surface area contributed by atoms with Crippen LogP contribution in [-0.2, 0) is 6.42 Å². The maximum atomic E-state index is 3.98. The highest BCUT2D eigenvalue weighted by atomic mass is 14.9. The molecule has 0 atom stereocenters. The molecule has 0 aliphatic heterocycles. The van der Waals surface area contributed by atoms with Crippen molar-refractivity contribution in [3.05, 3.63) is 54.6 Å². The van der Waals surface area contributed by atoms with Crippen LogP contribution in [0.3, 0.4) is 0 Å². The van der Waals surface area contributed by atoms with Gasteiger partial charge in [-0.3, -0.25) is 9.97 Å². The molecule has 3 heteroatoms. The summed E-state index contributed by atoms with van der Waals surface area (Å²) in [6.07, 6.45) is 8.22. The first kappa shape index (κ1) is 9.65. The average molecular weight is 199 g/mol. The second kappa shape index (κ2) is 5.10. The third-order valence-corrected chi connectivity index (χ3v) is 2.17. The predicted octanol–water partition coefficient (Wildman–Crippen LogP) is 2.13. The van der Waals surface area contributed by atoms with Gasteiger partial charge in [0.15, 0.2) is 0 Å². The molecule has 0 bridgehead atoms. The van der Waals surface area contributed by atoms with Gasteiger partial charge in [-0.2, -0.15) is 0 Å². The normalized spacial score (nSPS) is 9.87. The van der Waals surface area contributed by atoms with Crippen LogP contribution in [0.5, 0.6) is 0 Å². The van der Waals surface area contributed by atoms with Crippen molar-refractivity contribution >= 4 is 5.69 Å². The first-order chi connectivity index (χ1) is 7.45. The Kier molecular flexibility index (Phi) is 3.28. The number of nitrogens with zero attached hydrogens (tertiary/aromatic N) is 2. The molecule has 15 heavy (non-hydrogen) atoms. The minimum atomic E-state index is 0.925. The molecule has 76 valence electrons. The monoisotopic (exact) mass is 199 g/mol. The van der Waals surface area contributed by atoms with Crippen LogP contribution < -0.4 is 5.32 Å². The highest BCUT2D eigenvalue weighted by Crippen LogP contribution is 2.04. The smallest absolute Gasteiger partial charge is 0.0371 e. The van der Waals surface area contributed by atoms with Crippen LogP contribution in [0.25, 0.3) is 0 Å². The van der Waals surface area contributed by atoms with Crippen molar-refractivity contribution in [1.82, 2.24) is 9.97 Å². The number of anilines is 1. The van der Waals surface area contributed by atoms with E-state index in [0.29, 0.717) is 0 Å². The Balaban J connectivity index is 1.81. The van der Waals surface area contributed by atoms with E-state index in [9.17, 15) is 0 Å². The van der Waals surface area contributed by atoms with Crippen LogP contribution in [0.1, 0.15) is 5.56 Å². The first-order valence-electron chi connectivity index (χ1n) is 4.98. The summed E-state index contributed by atoms with van der Waals surface area (Å²) < 4.78 is 0. The second-order valence-electron chi connectivity index (χ2n) is 3.27. The molecule has 0 amide bonds. The summed E-state index contributed by atoms with van der Waals surface area (Å²) in [4.78, 5) is 7.95. The van der Waals surface area contributed by atoms with Gasteiger partial charge in [-0.1, -0.05) is 0 Å². The molecule has 0 aliphatic rings. The van der Waals surface area contributed by atoms with Gasteiger partial charge in [-0.05, 0) is 36.2 Å². The van der Waals surface area contributed by atoms with Gasteiger partial charge < -0.3 is 5.32 Å². The van der Waals surface area contributed by atoms with Crippen molar-refractivity contribution in [3.63, 3.8) is 0 Å². The fourth-order valence-electron chi connectivity index (χ4n) is 1.37. The van der Waals surface area contributed by atoms with Gasteiger partial charge in [0.25, 0.3) is 0 Å². The van der Waals surface area contributed by atoms with E-state index >= 15 is 0 Å². The van der Waals surface area contributed by atoms with Crippen LogP contribution in [0.4, 0.5) is 5.69 Å². The Labute approximate surface area is 89.2 Å². The van der Waals surface area contributed by atoms with E-state index in [0.717, 1.165) is 18.7 Å². The molecule has 0 radical (unpaired) electrons. The van der Waals surface area contributed by atoms with Crippen LogP contribution in [0.15, 0.2) is 49.1 Å². The molecule has 2 aromatic rings. The summed E-state index contributed by atoms with van der Waals surface area (Å²) in [6.45, 7) is 0.925. The molecule has 0 aromatic carbocycles. The Morgan fingerprint density at radius 1 is 0.867 bits per heavy atom. The Morgan fingerprint density at radius 3 is 2.13 bits per heavy atom. The second-order valence-corrected chi connectivity index (χ2v) is 3.27. The maximum Gasteiger partial charge on any atom is 0.0371 e. The maximum absolute atomic E-state index is 3.98. The van der Waals surface area contributed by atoms with Gasteiger partial charge in [-0.15, -0.1) is 0 Å². The zero-order valence-corrected chi connectivity index (χ0v) is 8.43. The summed E-state index contributed by atoms with van der Waals surface area (Å²) in [5.74, 6) is 0. The molecule has 0 fully saturated rings. The fraction of sp³-hybridized carbons (Fsp3) is 0.167.